The summed E-state index contributed by atoms with van der Waals surface area (Å²) in [6.07, 6.45) is -0.396. The van der Waals surface area contributed by atoms with Crippen molar-refractivity contribution in [3.05, 3.63) is 102 Å². The molecule has 1 heterocycles. The summed E-state index contributed by atoms with van der Waals surface area (Å²) in [5.41, 5.74) is 1.92. The molecule has 0 aromatic heterocycles. The molecule has 3 aromatic rings. The minimum Gasteiger partial charge on any atom is -0.359 e. The summed E-state index contributed by atoms with van der Waals surface area (Å²) < 4.78 is 5.85. The van der Waals surface area contributed by atoms with Gasteiger partial charge in [-0.05, 0) is 23.3 Å². The zero-order valence-electron chi connectivity index (χ0n) is 14.0. The molecule has 3 aromatic carbocycles. The van der Waals surface area contributed by atoms with Crippen LogP contribution in [0.1, 0.15) is 11.1 Å². The van der Waals surface area contributed by atoms with Crippen LogP contribution in [0.5, 0.6) is 0 Å². The van der Waals surface area contributed by atoms with E-state index in [2.05, 4.69) is 0 Å². The van der Waals surface area contributed by atoms with Gasteiger partial charge in [-0.3, -0.25) is 9.69 Å². The fraction of sp³-hybridized carbons (Fsp3) is 0.136. The molecule has 1 fully saturated rings. The molecular weight excluding hydrogens is 310 g/mol. The standard InChI is InChI=1S/C22H19NO2/c1-25-21-22(17-11-5-2-6-12-17,18-13-7-3-8-14-18)20(24)23(21)19-15-9-4-10-16-19/h2-16,21H,1H3. The lowest BCUT2D eigenvalue weighted by Crippen LogP contribution is -2.73. The summed E-state index contributed by atoms with van der Waals surface area (Å²) in [6, 6.07) is 29.4. The number of ether oxygens (including phenoxy) is 1. The molecule has 3 nitrogen and oxygen atoms in total. The number of carbonyl (C=O) groups excluding carboxylic acids is 1. The van der Waals surface area contributed by atoms with E-state index in [1.165, 1.54) is 0 Å². The topological polar surface area (TPSA) is 29.5 Å². The summed E-state index contributed by atoms with van der Waals surface area (Å²) in [5.74, 6) is 0.0305. The van der Waals surface area contributed by atoms with Crippen molar-refractivity contribution in [1.82, 2.24) is 0 Å². The molecule has 0 radical (unpaired) electrons. The predicted molar refractivity (Wildman–Crippen MR) is 98.4 cm³/mol. The van der Waals surface area contributed by atoms with E-state index >= 15 is 0 Å². The number of rotatable bonds is 4. The monoisotopic (exact) mass is 329 g/mol. The maximum Gasteiger partial charge on any atom is 0.248 e. The summed E-state index contributed by atoms with van der Waals surface area (Å²) in [7, 11) is 1.66. The van der Waals surface area contributed by atoms with E-state index in [9.17, 15) is 4.79 Å². The number of nitrogens with zero attached hydrogens (tertiary/aromatic N) is 1. The maximum absolute atomic E-state index is 13.5. The van der Waals surface area contributed by atoms with Gasteiger partial charge in [-0.15, -0.1) is 0 Å². The van der Waals surface area contributed by atoms with Gasteiger partial charge in [0.15, 0.2) is 6.23 Å². The van der Waals surface area contributed by atoms with Crippen molar-refractivity contribution in [3.8, 4) is 0 Å². The fourth-order valence-corrected chi connectivity index (χ4v) is 3.75. The number of hydrogen-bond donors (Lipinski definition) is 0. The number of benzene rings is 3. The maximum atomic E-state index is 13.5. The molecule has 1 aliphatic heterocycles. The van der Waals surface area contributed by atoms with E-state index in [0.717, 1.165) is 16.8 Å². The number of carbonyl (C=O) groups is 1. The molecule has 1 amide bonds. The van der Waals surface area contributed by atoms with Gasteiger partial charge in [-0.2, -0.15) is 0 Å². The fourth-order valence-electron chi connectivity index (χ4n) is 3.75. The summed E-state index contributed by atoms with van der Waals surface area (Å²) in [4.78, 5) is 15.2. The van der Waals surface area contributed by atoms with Crippen molar-refractivity contribution in [3.63, 3.8) is 0 Å². The van der Waals surface area contributed by atoms with Crippen LogP contribution in [-0.4, -0.2) is 19.2 Å². The lowest BCUT2D eigenvalue weighted by atomic mass is 9.65. The van der Waals surface area contributed by atoms with Gasteiger partial charge < -0.3 is 4.74 Å². The van der Waals surface area contributed by atoms with Crippen LogP contribution in [0.3, 0.4) is 0 Å². The van der Waals surface area contributed by atoms with E-state index < -0.39 is 11.6 Å². The second kappa shape index (κ2) is 6.19. The van der Waals surface area contributed by atoms with Gasteiger partial charge in [0.05, 0.1) is 0 Å². The third kappa shape index (κ3) is 2.20. The molecule has 1 atom stereocenters. The second-order valence-corrected chi connectivity index (χ2v) is 6.14. The van der Waals surface area contributed by atoms with Crippen LogP contribution in [0, 0.1) is 0 Å². The number of para-hydroxylation sites is 1. The van der Waals surface area contributed by atoms with E-state index in [-0.39, 0.29) is 5.91 Å². The number of β-lactam (4-membered cyclic amide) rings is 1. The molecule has 124 valence electrons. The molecule has 0 saturated carbocycles. The molecule has 0 spiro atoms. The van der Waals surface area contributed by atoms with Crippen molar-refractivity contribution in [1.29, 1.82) is 0 Å². The minimum absolute atomic E-state index is 0.0305. The number of amides is 1. The third-order valence-electron chi connectivity index (χ3n) is 4.88. The summed E-state index contributed by atoms with van der Waals surface area (Å²) >= 11 is 0. The Morgan fingerprint density at radius 3 is 1.64 bits per heavy atom. The van der Waals surface area contributed by atoms with Gasteiger partial charge in [0.25, 0.3) is 0 Å². The Balaban J connectivity index is 1.89. The average molecular weight is 329 g/mol. The van der Waals surface area contributed by atoms with Crippen molar-refractivity contribution < 1.29 is 9.53 Å². The lowest BCUT2D eigenvalue weighted by molar-refractivity contribution is -0.142. The van der Waals surface area contributed by atoms with E-state index in [0.29, 0.717) is 0 Å². The molecule has 0 bridgehead atoms. The smallest absolute Gasteiger partial charge is 0.248 e. The molecule has 25 heavy (non-hydrogen) atoms. The van der Waals surface area contributed by atoms with Crippen LogP contribution in [0.2, 0.25) is 0 Å². The molecule has 3 heteroatoms. The number of hydrogen-bond acceptors (Lipinski definition) is 2. The molecule has 4 rings (SSSR count). The van der Waals surface area contributed by atoms with Crippen molar-refractivity contribution in [2.75, 3.05) is 12.0 Å². The van der Waals surface area contributed by atoms with Gasteiger partial charge in [-0.1, -0.05) is 78.9 Å². The first-order valence-corrected chi connectivity index (χ1v) is 8.32. The van der Waals surface area contributed by atoms with E-state index in [1.54, 1.807) is 12.0 Å². The van der Waals surface area contributed by atoms with Gasteiger partial charge in [-0.25, -0.2) is 0 Å². The zero-order chi connectivity index (χ0) is 17.3. The van der Waals surface area contributed by atoms with E-state index in [1.807, 2.05) is 91.0 Å². The van der Waals surface area contributed by atoms with Crippen molar-refractivity contribution >= 4 is 11.6 Å². The lowest BCUT2D eigenvalue weighted by Gasteiger charge is -2.55. The highest BCUT2D eigenvalue weighted by Gasteiger charge is 2.63. The Morgan fingerprint density at radius 2 is 1.20 bits per heavy atom. The molecule has 1 aliphatic rings. The number of anilines is 1. The van der Waals surface area contributed by atoms with Crippen LogP contribution in [0.25, 0.3) is 0 Å². The van der Waals surface area contributed by atoms with Crippen molar-refractivity contribution in [2.45, 2.75) is 11.6 Å². The first-order valence-electron chi connectivity index (χ1n) is 8.32. The summed E-state index contributed by atoms with van der Waals surface area (Å²) in [5, 5.41) is 0. The van der Waals surface area contributed by atoms with E-state index in [4.69, 9.17) is 4.74 Å². The quantitative estimate of drug-likeness (QED) is 0.677. The minimum atomic E-state index is -0.826. The predicted octanol–water partition coefficient (Wildman–Crippen LogP) is 3.99. The Labute approximate surface area is 147 Å². The zero-order valence-corrected chi connectivity index (χ0v) is 14.0. The third-order valence-corrected chi connectivity index (χ3v) is 4.88. The molecule has 0 aliphatic carbocycles. The highest BCUT2D eigenvalue weighted by Crippen LogP contribution is 2.49. The van der Waals surface area contributed by atoms with Gasteiger partial charge in [0.2, 0.25) is 5.91 Å². The van der Waals surface area contributed by atoms with Crippen LogP contribution in [0.4, 0.5) is 5.69 Å². The van der Waals surface area contributed by atoms with Crippen LogP contribution in [0.15, 0.2) is 91.0 Å². The largest absolute Gasteiger partial charge is 0.359 e. The molecular formula is C22H19NO2. The van der Waals surface area contributed by atoms with Gasteiger partial charge >= 0.3 is 0 Å². The Morgan fingerprint density at radius 1 is 0.760 bits per heavy atom. The number of methoxy groups -OCH3 is 1. The Bertz CT molecular complexity index is 823. The Kier molecular flexibility index (Phi) is 3.86. The van der Waals surface area contributed by atoms with Crippen LogP contribution in [-0.2, 0) is 14.9 Å². The summed E-state index contributed by atoms with van der Waals surface area (Å²) in [6.45, 7) is 0. The highest BCUT2D eigenvalue weighted by molar-refractivity contribution is 6.11. The average Bonchev–Trinajstić information content (AvgIpc) is 2.69. The highest BCUT2D eigenvalue weighted by atomic mass is 16.5. The Hall–Kier alpha value is -2.91. The van der Waals surface area contributed by atoms with Gasteiger partial charge in [0.1, 0.15) is 5.41 Å². The molecule has 1 saturated heterocycles. The van der Waals surface area contributed by atoms with Gasteiger partial charge in [0, 0.05) is 12.8 Å². The first kappa shape index (κ1) is 15.6. The normalized spacial score (nSPS) is 18.7. The second-order valence-electron chi connectivity index (χ2n) is 6.14. The van der Waals surface area contributed by atoms with Crippen LogP contribution >= 0.6 is 0 Å². The SMILES string of the molecule is COC1N(c2ccccc2)C(=O)C1(c1ccccc1)c1ccccc1. The van der Waals surface area contributed by atoms with Crippen molar-refractivity contribution in [2.24, 2.45) is 0 Å². The molecule has 1 unspecified atom stereocenters. The molecule has 0 N–H and O–H groups in total. The first-order chi connectivity index (χ1) is 12.3. The van der Waals surface area contributed by atoms with Crippen LogP contribution < -0.4 is 4.90 Å².